The van der Waals surface area contributed by atoms with Gasteiger partial charge in [-0.3, -0.25) is 24.2 Å². The third-order valence-corrected chi connectivity index (χ3v) is 7.82. The molecule has 0 aliphatic carbocycles. The lowest BCUT2D eigenvalue weighted by molar-refractivity contribution is -0.144. The van der Waals surface area contributed by atoms with Gasteiger partial charge in [0.1, 0.15) is 22.9 Å². The number of nitriles is 1. The normalized spacial score (nSPS) is 18.9. The fourth-order valence-electron chi connectivity index (χ4n) is 5.06. The number of nitrogens with zero attached hydrogens (tertiary/aromatic N) is 4. The molecule has 8 nitrogen and oxygen atoms in total. The third-order valence-electron chi connectivity index (χ3n) is 6.90. The van der Waals surface area contributed by atoms with Crippen LogP contribution in [0, 0.1) is 11.3 Å². The van der Waals surface area contributed by atoms with Gasteiger partial charge in [0.05, 0.1) is 41.1 Å². The lowest BCUT2D eigenvalue weighted by atomic mass is 10.0. The number of amides is 3. The molecular weight excluding hydrogens is 584 g/mol. The van der Waals surface area contributed by atoms with E-state index >= 15 is 0 Å². The quantitative estimate of drug-likeness (QED) is 0.279. The van der Waals surface area contributed by atoms with Crippen molar-refractivity contribution in [3.63, 3.8) is 0 Å². The highest BCUT2D eigenvalue weighted by Crippen LogP contribution is 2.45. The summed E-state index contributed by atoms with van der Waals surface area (Å²) < 4.78 is 7.94. The van der Waals surface area contributed by atoms with Gasteiger partial charge in [-0.15, -0.1) is 11.6 Å². The molecule has 0 spiro atoms. The van der Waals surface area contributed by atoms with Gasteiger partial charge in [0.2, 0.25) is 0 Å². The van der Waals surface area contributed by atoms with Crippen LogP contribution in [0.1, 0.15) is 58.7 Å². The molecule has 5 rings (SSSR count). The second kappa shape index (κ2) is 10.4. The first-order valence-electron chi connectivity index (χ1n) is 12.2. The summed E-state index contributed by atoms with van der Waals surface area (Å²) in [5, 5.41) is 8.17. The molecule has 2 aromatic carbocycles. The number of carbonyl (C=O) groups is 3. The maximum atomic E-state index is 13.9. The van der Waals surface area contributed by atoms with E-state index in [1.807, 2.05) is 18.4 Å². The molecule has 0 radical (unpaired) electrons. The fraction of sp³-hybridized carbons (Fsp3) is 0.241. The SMILES string of the molecule is COc1ccc(CN2C(=O)C(N3C(=O)c4cc(Br)n(C(C)C)c4C3c3ccc(C#N)cc3)=CC(Cl)C2=O)cc1. The van der Waals surface area contributed by atoms with E-state index in [1.165, 1.54) is 11.0 Å². The van der Waals surface area contributed by atoms with Gasteiger partial charge in [-0.2, -0.15) is 5.26 Å². The summed E-state index contributed by atoms with van der Waals surface area (Å²) >= 11 is 10.0. The topological polar surface area (TPSA) is 95.6 Å². The van der Waals surface area contributed by atoms with Crippen LogP contribution in [-0.4, -0.2) is 44.6 Å². The Kier molecular flexibility index (Phi) is 7.10. The van der Waals surface area contributed by atoms with Crippen molar-refractivity contribution in [3.05, 3.63) is 98.9 Å². The van der Waals surface area contributed by atoms with Crippen LogP contribution >= 0.6 is 27.5 Å². The molecule has 0 N–H and O–H groups in total. The van der Waals surface area contributed by atoms with Crippen molar-refractivity contribution in [2.75, 3.05) is 7.11 Å². The van der Waals surface area contributed by atoms with Crippen molar-refractivity contribution in [2.24, 2.45) is 0 Å². The molecule has 0 fully saturated rings. The first-order chi connectivity index (χ1) is 18.7. The Morgan fingerprint density at radius 2 is 1.72 bits per heavy atom. The predicted octanol–water partition coefficient (Wildman–Crippen LogP) is 5.32. The van der Waals surface area contributed by atoms with Crippen LogP contribution in [0.4, 0.5) is 0 Å². The third kappa shape index (κ3) is 4.54. The number of aromatic nitrogens is 1. The molecule has 2 aliphatic heterocycles. The molecule has 0 saturated heterocycles. The van der Waals surface area contributed by atoms with Gasteiger partial charge in [0, 0.05) is 6.04 Å². The monoisotopic (exact) mass is 606 g/mol. The maximum Gasteiger partial charge on any atom is 0.277 e. The van der Waals surface area contributed by atoms with E-state index in [4.69, 9.17) is 16.3 Å². The Morgan fingerprint density at radius 1 is 1.05 bits per heavy atom. The van der Waals surface area contributed by atoms with Crippen LogP contribution in [0.15, 0.2) is 71.0 Å². The van der Waals surface area contributed by atoms with Crippen molar-refractivity contribution in [3.8, 4) is 11.8 Å². The average Bonchev–Trinajstić information content (AvgIpc) is 3.41. The van der Waals surface area contributed by atoms with Crippen LogP contribution in [0.2, 0.25) is 0 Å². The molecule has 3 aromatic rings. The number of benzene rings is 2. The van der Waals surface area contributed by atoms with Crippen LogP contribution in [0.3, 0.4) is 0 Å². The summed E-state index contributed by atoms with van der Waals surface area (Å²) in [4.78, 5) is 43.4. The maximum absolute atomic E-state index is 13.9. The second-order valence-corrected chi connectivity index (χ2v) is 10.9. The van der Waals surface area contributed by atoms with Crippen molar-refractivity contribution >= 4 is 45.3 Å². The molecule has 10 heteroatoms. The van der Waals surface area contributed by atoms with Gasteiger partial charge < -0.3 is 9.30 Å². The molecule has 198 valence electrons. The molecule has 0 saturated carbocycles. The highest BCUT2D eigenvalue weighted by molar-refractivity contribution is 9.10. The summed E-state index contributed by atoms with van der Waals surface area (Å²) in [5.74, 6) is -0.898. The summed E-state index contributed by atoms with van der Waals surface area (Å²) in [7, 11) is 1.55. The number of alkyl halides is 1. The molecule has 1 aromatic heterocycles. The van der Waals surface area contributed by atoms with Crippen molar-refractivity contribution in [1.29, 1.82) is 5.26 Å². The van der Waals surface area contributed by atoms with E-state index in [2.05, 4.69) is 22.0 Å². The standard InChI is InChI=1S/C29H24BrClN4O4/c1-16(2)34-24(30)12-21-26(34)25(19-8-4-17(14-32)5-9-19)35(27(21)36)23-13-22(31)28(37)33(29(23)38)15-18-6-10-20(39-3)11-7-18/h4-13,16,22,25H,15H2,1-3H3. The van der Waals surface area contributed by atoms with Crippen molar-refractivity contribution in [1.82, 2.24) is 14.4 Å². The van der Waals surface area contributed by atoms with Gasteiger partial charge in [-0.25, -0.2) is 0 Å². The van der Waals surface area contributed by atoms with Gasteiger partial charge in [-0.1, -0.05) is 24.3 Å². The summed E-state index contributed by atoms with van der Waals surface area (Å²) in [6.07, 6.45) is 1.35. The first kappa shape index (κ1) is 26.7. The van der Waals surface area contributed by atoms with Crippen molar-refractivity contribution in [2.45, 2.75) is 37.9 Å². The van der Waals surface area contributed by atoms with Crippen molar-refractivity contribution < 1.29 is 19.1 Å². The molecule has 3 heterocycles. The molecule has 0 bridgehead atoms. The van der Waals surface area contributed by atoms with Gasteiger partial charge in [0.15, 0.2) is 0 Å². The zero-order valence-electron chi connectivity index (χ0n) is 21.4. The Hall–Kier alpha value is -3.87. The minimum Gasteiger partial charge on any atom is -0.497 e. The Balaban J connectivity index is 1.60. The number of rotatable bonds is 6. The number of ether oxygens (including phenoxy) is 1. The number of hydrogen-bond donors (Lipinski definition) is 0. The highest BCUT2D eigenvalue weighted by atomic mass is 79.9. The summed E-state index contributed by atoms with van der Waals surface area (Å²) in [6.45, 7) is 3.99. The van der Waals surface area contributed by atoms with Gasteiger partial charge >= 0.3 is 0 Å². The predicted molar refractivity (Wildman–Crippen MR) is 148 cm³/mol. The molecule has 2 aliphatic rings. The van der Waals surface area contributed by atoms with E-state index in [0.717, 1.165) is 9.50 Å². The molecule has 2 unspecified atom stereocenters. The van der Waals surface area contributed by atoms with E-state index in [-0.39, 0.29) is 24.2 Å². The number of fused-ring (bicyclic) bond motifs is 1. The van der Waals surface area contributed by atoms with E-state index < -0.39 is 23.2 Å². The second-order valence-electron chi connectivity index (χ2n) is 9.57. The zero-order valence-corrected chi connectivity index (χ0v) is 23.7. The number of methoxy groups -OCH3 is 1. The van der Waals surface area contributed by atoms with E-state index in [0.29, 0.717) is 33.7 Å². The summed E-state index contributed by atoms with van der Waals surface area (Å²) in [5.41, 5.74) is 3.09. The van der Waals surface area contributed by atoms with E-state index in [1.54, 1.807) is 61.7 Å². The van der Waals surface area contributed by atoms with Gasteiger partial charge in [0.25, 0.3) is 17.7 Å². The minimum atomic E-state index is -1.13. The smallest absolute Gasteiger partial charge is 0.277 e. The number of hydrogen-bond acceptors (Lipinski definition) is 5. The lowest BCUT2D eigenvalue weighted by Crippen LogP contribution is -2.49. The largest absolute Gasteiger partial charge is 0.497 e. The zero-order chi connectivity index (χ0) is 28.0. The molecule has 3 amide bonds. The van der Waals surface area contributed by atoms with Crippen LogP contribution in [0.25, 0.3) is 0 Å². The molecule has 2 atom stereocenters. The highest BCUT2D eigenvalue weighted by Gasteiger charge is 2.48. The van der Waals surface area contributed by atoms with E-state index in [9.17, 15) is 19.6 Å². The molecule has 39 heavy (non-hydrogen) atoms. The first-order valence-corrected chi connectivity index (χ1v) is 13.5. The summed E-state index contributed by atoms with van der Waals surface area (Å²) in [6, 6.07) is 17.1. The van der Waals surface area contributed by atoms with Crippen LogP contribution in [0.5, 0.6) is 5.75 Å². The number of carbonyl (C=O) groups excluding carboxylic acids is 3. The Bertz CT molecular complexity index is 1550. The molecular formula is C29H24BrClN4O4. The lowest BCUT2D eigenvalue weighted by Gasteiger charge is -2.35. The average molecular weight is 608 g/mol. The van der Waals surface area contributed by atoms with Gasteiger partial charge in [-0.05, 0) is 77.3 Å². The fourth-order valence-corrected chi connectivity index (χ4v) is 6.13. The Morgan fingerprint density at radius 3 is 2.31 bits per heavy atom. The number of halogens is 2. The van der Waals surface area contributed by atoms with Crippen LogP contribution < -0.4 is 4.74 Å². The van der Waals surface area contributed by atoms with Crippen LogP contribution in [-0.2, 0) is 16.1 Å². The Labute approximate surface area is 239 Å². The minimum absolute atomic E-state index is 0.00159. The number of imide groups is 1.